The second-order valence-electron chi connectivity index (χ2n) is 5.14. The molecular formula is C15H21N3O2S. The van der Waals surface area contributed by atoms with Crippen LogP contribution >= 0.6 is 12.2 Å². The molecular weight excluding hydrogens is 286 g/mol. The Morgan fingerprint density at radius 1 is 1.57 bits per heavy atom. The van der Waals surface area contributed by atoms with Crippen LogP contribution in [-0.2, 0) is 11.3 Å². The summed E-state index contributed by atoms with van der Waals surface area (Å²) in [6, 6.07) is 5.75. The highest BCUT2D eigenvalue weighted by Gasteiger charge is 2.29. The molecule has 0 saturated carbocycles. The number of carbonyl (C=O) groups is 1. The summed E-state index contributed by atoms with van der Waals surface area (Å²) >= 11 is 5.01. The van der Waals surface area contributed by atoms with Crippen LogP contribution in [0.25, 0.3) is 0 Å². The van der Waals surface area contributed by atoms with E-state index in [1.54, 1.807) is 14.2 Å². The molecule has 114 valence electrons. The molecule has 6 heteroatoms. The van der Waals surface area contributed by atoms with E-state index >= 15 is 0 Å². The van der Waals surface area contributed by atoms with Crippen LogP contribution in [0.3, 0.4) is 0 Å². The summed E-state index contributed by atoms with van der Waals surface area (Å²) in [5.74, 6) is 0.759. The number of nitrogens with one attached hydrogen (secondary N) is 1. The molecule has 3 N–H and O–H groups in total. The van der Waals surface area contributed by atoms with Gasteiger partial charge in [-0.15, -0.1) is 0 Å². The molecule has 1 aromatic rings. The number of rotatable bonds is 5. The van der Waals surface area contributed by atoms with Crippen molar-refractivity contribution in [2.75, 3.05) is 20.7 Å². The van der Waals surface area contributed by atoms with E-state index in [4.69, 9.17) is 22.7 Å². The van der Waals surface area contributed by atoms with Crippen LogP contribution in [0.1, 0.15) is 24.0 Å². The maximum Gasteiger partial charge on any atom is 0.237 e. The molecule has 1 atom stereocenters. The van der Waals surface area contributed by atoms with E-state index in [9.17, 15) is 4.79 Å². The fourth-order valence-electron chi connectivity index (χ4n) is 2.75. The standard InChI is InChI=1S/C15H21N3O2S/c1-17-15(19)12-4-3-7-18(12)9-10-5-6-11(14(16)21)13(8-10)20-2/h5-6,8,12H,3-4,7,9H2,1-2H3,(H2,16,21)(H,17,19). The lowest BCUT2D eigenvalue weighted by atomic mass is 10.1. The number of thiocarbonyl (C=S) groups is 1. The zero-order chi connectivity index (χ0) is 15.4. The molecule has 1 aliphatic heterocycles. The third-order valence-corrected chi connectivity index (χ3v) is 4.05. The molecule has 2 rings (SSSR count). The predicted octanol–water partition coefficient (Wildman–Crippen LogP) is 1.04. The van der Waals surface area contributed by atoms with Gasteiger partial charge in [-0.25, -0.2) is 0 Å². The van der Waals surface area contributed by atoms with E-state index in [0.29, 0.717) is 17.3 Å². The topological polar surface area (TPSA) is 67.6 Å². The molecule has 21 heavy (non-hydrogen) atoms. The molecule has 1 amide bonds. The first-order valence-electron chi connectivity index (χ1n) is 6.99. The number of likely N-dealkylation sites (N-methyl/N-ethyl adjacent to an activating group) is 1. The number of nitrogens with zero attached hydrogens (tertiary/aromatic N) is 1. The first-order valence-corrected chi connectivity index (χ1v) is 7.40. The molecule has 5 nitrogen and oxygen atoms in total. The number of methoxy groups -OCH3 is 1. The van der Waals surface area contributed by atoms with Crippen LogP contribution in [0.5, 0.6) is 5.75 Å². The van der Waals surface area contributed by atoms with E-state index in [0.717, 1.165) is 30.5 Å². The number of amides is 1. The molecule has 1 heterocycles. The van der Waals surface area contributed by atoms with Crippen molar-refractivity contribution in [3.05, 3.63) is 29.3 Å². The van der Waals surface area contributed by atoms with Crippen molar-refractivity contribution in [1.82, 2.24) is 10.2 Å². The zero-order valence-corrected chi connectivity index (χ0v) is 13.2. The minimum atomic E-state index is -0.0451. The van der Waals surface area contributed by atoms with Gasteiger partial charge in [0.25, 0.3) is 0 Å². The summed E-state index contributed by atoms with van der Waals surface area (Å²) in [7, 11) is 3.28. The Hall–Kier alpha value is -1.66. The van der Waals surface area contributed by atoms with Crippen LogP contribution in [0.2, 0.25) is 0 Å². The Morgan fingerprint density at radius 2 is 2.33 bits per heavy atom. The van der Waals surface area contributed by atoms with E-state index in [2.05, 4.69) is 10.2 Å². The zero-order valence-electron chi connectivity index (χ0n) is 12.4. The van der Waals surface area contributed by atoms with Gasteiger partial charge < -0.3 is 15.8 Å². The van der Waals surface area contributed by atoms with Gasteiger partial charge in [-0.1, -0.05) is 18.3 Å². The third-order valence-electron chi connectivity index (χ3n) is 3.83. The highest BCUT2D eigenvalue weighted by Crippen LogP contribution is 2.24. The minimum Gasteiger partial charge on any atom is -0.496 e. The van der Waals surface area contributed by atoms with E-state index < -0.39 is 0 Å². The lowest BCUT2D eigenvalue weighted by Crippen LogP contribution is -2.41. The van der Waals surface area contributed by atoms with Gasteiger partial charge in [0.05, 0.1) is 18.7 Å². The van der Waals surface area contributed by atoms with E-state index in [1.807, 2.05) is 18.2 Å². The molecule has 1 aromatic carbocycles. The lowest BCUT2D eigenvalue weighted by Gasteiger charge is -2.23. The average molecular weight is 307 g/mol. The maximum atomic E-state index is 11.9. The monoisotopic (exact) mass is 307 g/mol. The van der Waals surface area contributed by atoms with Gasteiger partial charge in [0.2, 0.25) is 5.91 Å². The number of carbonyl (C=O) groups excluding carboxylic acids is 1. The molecule has 0 aliphatic carbocycles. The van der Waals surface area contributed by atoms with Crippen molar-refractivity contribution in [2.24, 2.45) is 5.73 Å². The van der Waals surface area contributed by atoms with E-state index in [1.165, 1.54) is 0 Å². The normalized spacial score (nSPS) is 18.5. The number of hydrogen-bond donors (Lipinski definition) is 2. The fraction of sp³-hybridized carbons (Fsp3) is 0.467. The van der Waals surface area contributed by atoms with Gasteiger partial charge in [0, 0.05) is 13.6 Å². The Balaban J connectivity index is 2.16. The van der Waals surface area contributed by atoms with Gasteiger partial charge >= 0.3 is 0 Å². The van der Waals surface area contributed by atoms with Crippen molar-refractivity contribution in [2.45, 2.75) is 25.4 Å². The summed E-state index contributed by atoms with van der Waals surface area (Å²) in [5, 5.41) is 2.73. The van der Waals surface area contributed by atoms with E-state index in [-0.39, 0.29) is 11.9 Å². The molecule has 1 unspecified atom stereocenters. The molecule has 0 aromatic heterocycles. The van der Waals surface area contributed by atoms with Gasteiger partial charge in [-0.2, -0.15) is 0 Å². The van der Waals surface area contributed by atoms with Gasteiger partial charge in [-0.3, -0.25) is 9.69 Å². The first-order chi connectivity index (χ1) is 10.1. The van der Waals surface area contributed by atoms with Crippen molar-refractivity contribution in [3.8, 4) is 5.75 Å². The fourth-order valence-corrected chi connectivity index (χ4v) is 2.92. The van der Waals surface area contributed by atoms with Crippen molar-refractivity contribution in [3.63, 3.8) is 0 Å². The van der Waals surface area contributed by atoms with Crippen LogP contribution in [0.15, 0.2) is 18.2 Å². The maximum absolute atomic E-state index is 11.9. The SMILES string of the molecule is CNC(=O)C1CCCN1Cc1ccc(C(N)=S)c(OC)c1. The summed E-state index contributed by atoms with van der Waals surface area (Å²) in [5.41, 5.74) is 7.49. The Kier molecular flexibility index (Phi) is 5.14. The van der Waals surface area contributed by atoms with Crippen molar-refractivity contribution >= 4 is 23.1 Å². The Labute approximate surface area is 130 Å². The third kappa shape index (κ3) is 3.51. The second-order valence-corrected chi connectivity index (χ2v) is 5.58. The molecule has 0 radical (unpaired) electrons. The van der Waals surface area contributed by atoms with Gasteiger partial charge in [0.1, 0.15) is 10.7 Å². The highest BCUT2D eigenvalue weighted by atomic mass is 32.1. The Bertz CT molecular complexity index is 548. The second kappa shape index (κ2) is 6.87. The van der Waals surface area contributed by atoms with Crippen LogP contribution < -0.4 is 15.8 Å². The molecule has 0 spiro atoms. The van der Waals surface area contributed by atoms with Crippen molar-refractivity contribution in [1.29, 1.82) is 0 Å². The predicted molar refractivity (Wildman–Crippen MR) is 86.4 cm³/mol. The first kappa shape index (κ1) is 15.7. The van der Waals surface area contributed by atoms with Crippen molar-refractivity contribution < 1.29 is 9.53 Å². The lowest BCUT2D eigenvalue weighted by molar-refractivity contribution is -0.125. The van der Waals surface area contributed by atoms with Gasteiger partial charge in [-0.05, 0) is 37.1 Å². The average Bonchev–Trinajstić information content (AvgIpc) is 2.94. The highest BCUT2D eigenvalue weighted by molar-refractivity contribution is 7.80. The summed E-state index contributed by atoms with van der Waals surface area (Å²) < 4.78 is 5.34. The number of hydrogen-bond acceptors (Lipinski definition) is 4. The minimum absolute atomic E-state index is 0.0451. The molecule has 1 fully saturated rings. The van der Waals surface area contributed by atoms with Gasteiger partial charge in [0.15, 0.2) is 0 Å². The molecule has 1 saturated heterocycles. The van der Waals surface area contributed by atoms with Crippen LogP contribution in [-0.4, -0.2) is 42.5 Å². The smallest absolute Gasteiger partial charge is 0.237 e. The van der Waals surface area contributed by atoms with Crippen LogP contribution in [0.4, 0.5) is 0 Å². The summed E-state index contributed by atoms with van der Waals surface area (Å²) in [6.45, 7) is 1.64. The number of benzene rings is 1. The summed E-state index contributed by atoms with van der Waals surface area (Å²) in [6.07, 6.45) is 1.95. The largest absolute Gasteiger partial charge is 0.496 e. The molecule has 0 bridgehead atoms. The Morgan fingerprint density at radius 3 is 2.95 bits per heavy atom. The number of likely N-dealkylation sites (tertiary alicyclic amines) is 1. The quantitative estimate of drug-likeness (QED) is 0.796. The molecule has 1 aliphatic rings. The van der Waals surface area contributed by atoms with Crippen LogP contribution in [0, 0.1) is 0 Å². The summed E-state index contributed by atoms with van der Waals surface area (Å²) in [4.78, 5) is 14.4. The number of nitrogens with two attached hydrogens (primary N) is 1. The number of ether oxygens (including phenoxy) is 1.